The Hall–Kier alpha value is -1.84. The van der Waals surface area contributed by atoms with Crippen LogP contribution in [0.1, 0.15) is 42.8 Å². The molecule has 0 spiro atoms. The highest BCUT2D eigenvalue weighted by Crippen LogP contribution is 2.23. The molecule has 0 saturated carbocycles. The van der Waals surface area contributed by atoms with Crippen LogP contribution in [0.25, 0.3) is 5.52 Å². The van der Waals surface area contributed by atoms with Gasteiger partial charge in [0.05, 0.1) is 5.52 Å². The van der Waals surface area contributed by atoms with Crippen molar-refractivity contribution in [3.05, 3.63) is 35.4 Å². The maximum atomic E-state index is 11.2. The second-order valence-electron chi connectivity index (χ2n) is 5.81. The van der Waals surface area contributed by atoms with E-state index in [1.807, 2.05) is 23.5 Å². The number of hydrogen-bond acceptors (Lipinski definition) is 2. The summed E-state index contributed by atoms with van der Waals surface area (Å²) in [6.07, 6.45) is 0.742. The van der Waals surface area contributed by atoms with Crippen molar-refractivity contribution in [3.63, 3.8) is 0 Å². The van der Waals surface area contributed by atoms with Crippen molar-refractivity contribution in [3.8, 4) is 0 Å². The van der Waals surface area contributed by atoms with Gasteiger partial charge in [0.25, 0.3) is 0 Å². The van der Waals surface area contributed by atoms with Gasteiger partial charge in [-0.3, -0.25) is 0 Å². The Morgan fingerprint density at radius 3 is 2.61 bits per heavy atom. The Morgan fingerprint density at radius 2 is 2.06 bits per heavy atom. The minimum Gasteiger partial charge on any atom is -0.476 e. The van der Waals surface area contributed by atoms with Crippen LogP contribution in [0.3, 0.4) is 0 Å². The van der Waals surface area contributed by atoms with Crippen LogP contribution in [-0.4, -0.2) is 20.5 Å². The van der Waals surface area contributed by atoms with Crippen LogP contribution in [0.5, 0.6) is 0 Å². The average Bonchev–Trinajstić information content (AvgIpc) is 2.56. The minimum atomic E-state index is -0.974. The third-order valence-corrected chi connectivity index (χ3v) is 2.82. The molecule has 96 valence electrons. The third-order valence-electron chi connectivity index (χ3n) is 2.82. The maximum absolute atomic E-state index is 11.2. The first kappa shape index (κ1) is 12.6. The van der Waals surface area contributed by atoms with Crippen molar-refractivity contribution in [2.24, 2.45) is 5.41 Å². The molecule has 0 aliphatic rings. The van der Waals surface area contributed by atoms with E-state index in [9.17, 15) is 9.90 Å². The fourth-order valence-electron chi connectivity index (χ4n) is 2.13. The van der Waals surface area contributed by atoms with Gasteiger partial charge in [0.2, 0.25) is 0 Å². The molecule has 2 aromatic rings. The summed E-state index contributed by atoms with van der Waals surface area (Å²) in [5, 5.41) is 9.21. The third kappa shape index (κ3) is 2.23. The van der Waals surface area contributed by atoms with Gasteiger partial charge in [0.15, 0.2) is 5.69 Å². The number of fused-ring (bicyclic) bond motifs is 1. The number of aryl methyl sites for hydroxylation is 1. The molecular formula is C14H18N2O2. The topological polar surface area (TPSA) is 54.6 Å². The van der Waals surface area contributed by atoms with Crippen LogP contribution in [-0.2, 0) is 6.42 Å². The van der Waals surface area contributed by atoms with Crippen molar-refractivity contribution in [1.29, 1.82) is 0 Å². The lowest BCUT2D eigenvalue weighted by molar-refractivity contribution is 0.0693. The van der Waals surface area contributed by atoms with Gasteiger partial charge in [-0.2, -0.15) is 0 Å². The fraction of sp³-hybridized carbons (Fsp3) is 0.429. The van der Waals surface area contributed by atoms with Gasteiger partial charge in [-0.1, -0.05) is 26.8 Å². The first-order chi connectivity index (χ1) is 8.29. The highest BCUT2D eigenvalue weighted by atomic mass is 16.4. The van der Waals surface area contributed by atoms with Crippen LogP contribution < -0.4 is 0 Å². The molecule has 2 heterocycles. The quantitative estimate of drug-likeness (QED) is 0.886. The molecule has 0 aromatic carbocycles. The van der Waals surface area contributed by atoms with Crippen molar-refractivity contribution in [2.45, 2.75) is 34.1 Å². The van der Waals surface area contributed by atoms with Gasteiger partial charge in [-0.25, -0.2) is 9.78 Å². The van der Waals surface area contributed by atoms with E-state index < -0.39 is 5.97 Å². The molecule has 0 atom stereocenters. The summed E-state index contributed by atoms with van der Waals surface area (Å²) in [5.41, 5.74) is 1.88. The molecule has 0 amide bonds. The van der Waals surface area contributed by atoms with Gasteiger partial charge in [-0.15, -0.1) is 0 Å². The number of rotatable bonds is 2. The summed E-state index contributed by atoms with van der Waals surface area (Å²) in [6, 6.07) is 5.63. The predicted molar refractivity (Wildman–Crippen MR) is 70.0 cm³/mol. The number of imidazole rings is 1. The first-order valence-corrected chi connectivity index (χ1v) is 6.00. The zero-order valence-electron chi connectivity index (χ0n) is 11.2. The largest absolute Gasteiger partial charge is 0.476 e. The molecule has 4 heteroatoms. The Bertz CT molecular complexity index is 606. The Labute approximate surface area is 106 Å². The molecule has 0 aliphatic heterocycles. The van der Waals surface area contributed by atoms with Crippen molar-refractivity contribution < 1.29 is 9.90 Å². The molecule has 0 fully saturated rings. The summed E-state index contributed by atoms with van der Waals surface area (Å²) < 4.78 is 1.94. The SMILES string of the molecule is Cc1cccc2c(C(=O)O)nc(CC(C)(C)C)n12. The lowest BCUT2D eigenvalue weighted by Crippen LogP contribution is -2.12. The Morgan fingerprint density at radius 1 is 1.39 bits per heavy atom. The Balaban J connectivity index is 2.70. The summed E-state index contributed by atoms with van der Waals surface area (Å²) in [5.74, 6) is -0.161. The number of aromatic nitrogens is 2. The zero-order chi connectivity index (χ0) is 13.5. The normalized spacial score (nSPS) is 12.0. The summed E-state index contributed by atoms with van der Waals surface area (Å²) in [4.78, 5) is 15.5. The van der Waals surface area contributed by atoms with Crippen molar-refractivity contribution in [2.75, 3.05) is 0 Å². The van der Waals surface area contributed by atoms with E-state index in [4.69, 9.17) is 0 Å². The van der Waals surface area contributed by atoms with Gasteiger partial charge < -0.3 is 9.51 Å². The van der Waals surface area contributed by atoms with Crippen LogP contribution in [0.15, 0.2) is 18.2 Å². The van der Waals surface area contributed by atoms with Gasteiger partial charge >= 0.3 is 5.97 Å². The molecule has 2 aromatic heterocycles. The molecule has 0 aliphatic carbocycles. The smallest absolute Gasteiger partial charge is 0.356 e. The molecule has 0 radical (unpaired) electrons. The Kier molecular flexibility index (Phi) is 2.89. The lowest BCUT2D eigenvalue weighted by atomic mass is 9.92. The molecular weight excluding hydrogens is 228 g/mol. The first-order valence-electron chi connectivity index (χ1n) is 6.00. The minimum absolute atomic E-state index is 0.0688. The van der Waals surface area contributed by atoms with E-state index in [-0.39, 0.29) is 11.1 Å². The molecule has 18 heavy (non-hydrogen) atoms. The molecule has 1 N–H and O–H groups in total. The fourth-order valence-corrected chi connectivity index (χ4v) is 2.13. The van der Waals surface area contributed by atoms with E-state index in [1.54, 1.807) is 6.07 Å². The highest BCUT2D eigenvalue weighted by molar-refractivity contribution is 5.93. The van der Waals surface area contributed by atoms with E-state index in [1.165, 1.54) is 0 Å². The molecule has 0 bridgehead atoms. The van der Waals surface area contributed by atoms with E-state index in [0.717, 1.165) is 17.9 Å². The second-order valence-corrected chi connectivity index (χ2v) is 5.81. The summed E-state index contributed by atoms with van der Waals surface area (Å²) in [7, 11) is 0. The number of carboxylic acid groups (broad SMARTS) is 1. The number of aromatic carboxylic acids is 1. The summed E-state index contributed by atoms with van der Waals surface area (Å²) in [6.45, 7) is 8.32. The summed E-state index contributed by atoms with van der Waals surface area (Å²) >= 11 is 0. The number of carbonyl (C=O) groups is 1. The average molecular weight is 246 g/mol. The number of pyridine rings is 1. The predicted octanol–water partition coefficient (Wildman–Crippen LogP) is 2.93. The number of carboxylic acids is 1. The number of hydrogen-bond donors (Lipinski definition) is 1. The number of nitrogens with zero attached hydrogens (tertiary/aromatic N) is 2. The van der Waals surface area contributed by atoms with E-state index >= 15 is 0 Å². The van der Waals surface area contributed by atoms with Gasteiger partial charge in [0.1, 0.15) is 5.82 Å². The lowest BCUT2D eigenvalue weighted by Gasteiger charge is -2.17. The molecule has 0 saturated heterocycles. The maximum Gasteiger partial charge on any atom is 0.356 e. The van der Waals surface area contributed by atoms with Crippen molar-refractivity contribution >= 4 is 11.5 Å². The van der Waals surface area contributed by atoms with Crippen LogP contribution in [0.2, 0.25) is 0 Å². The zero-order valence-corrected chi connectivity index (χ0v) is 11.2. The second kappa shape index (κ2) is 4.12. The molecule has 2 rings (SSSR count). The van der Waals surface area contributed by atoms with E-state index in [0.29, 0.717) is 5.52 Å². The monoisotopic (exact) mass is 246 g/mol. The van der Waals surface area contributed by atoms with Gasteiger partial charge in [-0.05, 0) is 24.5 Å². The molecule has 0 unspecified atom stereocenters. The molecule has 4 nitrogen and oxygen atoms in total. The standard InChI is InChI=1S/C14H18N2O2/c1-9-6-5-7-10-12(13(17)18)15-11(16(9)10)8-14(2,3)4/h5-7H,8H2,1-4H3,(H,17,18). The van der Waals surface area contributed by atoms with Crippen LogP contribution in [0, 0.1) is 12.3 Å². The van der Waals surface area contributed by atoms with Gasteiger partial charge in [0, 0.05) is 12.1 Å². The van der Waals surface area contributed by atoms with Crippen molar-refractivity contribution in [1.82, 2.24) is 9.38 Å². The van der Waals surface area contributed by atoms with Crippen LogP contribution in [0.4, 0.5) is 0 Å². The van der Waals surface area contributed by atoms with E-state index in [2.05, 4.69) is 25.8 Å². The highest BCUT2D eigenvalue weighted by Gasteiger charge is 2.21. The van der Waals surface area contributed by atoms with Crippen LogP contribution >= 0.6 is 0 Å².